The fraction of sp³-hybridized carbons (Fsp3) is 0.846. The lowest BCUT2D eigenvalue weighted by atomic mass is 9.82. The van der Waals surface area contributed by atoms with Crippen LogP contribution in [0.2, 0.25) is 0 Å². The molecule has 1 saturated heterocycles. The summed E-state index contributed by atoms with van der Waals surface area (Å²) < 4.78 is 5.12. The molecular weight excluding hydrogens is 234 g/mol. The van der Waals surface area contributed by atoms with Crippen molar-refractivity contribution in [3.8, 4) is 0 Å². The van der Waals surface area contributed by atoms with Gasteiger partial charge in [-0.15, -0.1) is 0 Å². The van der Waals surface area contributed by atoms with Crippen LogP contribution in [0, 0.1) is 11.3 Å². The van der Waals surface area contributed by atoms with Crippen LogP contribution in [0.5, 0.6) is 0 Å². The van der Waals surface area contributed by atoms with E-state index in [-0.39, 0.29) is 12.5 Å². The number of hydrogen-bond acceptors (Lipinski definition) is 3. The highest BCUT2D eigenvalue weighted by atomic mass is 16.5. The van der Waals surface area contributed by atoms with Crippen LogP contribution in [-0.2, 0) is 14.3 Å². The number of ether oxygens (including phenoxy) is 1. The summed E-state index contributed by atoms with van der Waals surface area (Å²) in [6.07, 6.45) is -0.0986. The minimum absolute atomic E-state index is 0.0192. The van der Waals surface area contributed by atoms with E-state index in [1.165, 1.54) is 0 Å². The lowest BCUT2D eigenvalue weighted by molar-refractivity contribution is -0.162. The van der Waals surface area contributed by atoms with Crippen molar-refractivity contribution in [1.29, 1.82) is 0 Å². The van der Waals surface area contributed by atoms with Gasteiger partial charge in [0.1, 0.15) is 0 Å². The monoisotopic (exact) mass is 257 g/mol. The van der Waals surface area contributed by atoms with E-state index in [1.807, 2.05) is 13.8 Å². The Morgan fingerprint density at radius 3 is 2.56 bits per heavy atom. The number of rotatable bonds is 4. The Balaban J connectivity index is 2.68. The molecule has 5 nitrogen and oxygen atoms in total. The van der Waals surface area contributed by atoms with Crippen LogP contribution in [0.4, 0.5) is 0 Å². The van der Waals surface area contributed by atoms with Gasteiger partial charge in [-0.05, 0) is 12.3 Å². The first kappa shape index (κ1) is 15.0. The summed E-state index contributed by atoms with van der Waals surface area (Å²) in [5, 5.41) is 8.92. The molecule has 1 fully saturated rings. The molecule has 0 aromatic rings. The van der Waals surface area contributed by atoms with Crippen LogP contribution >= 0.6 is 0 Å². The third-order valence-corrected chi connectivity index (χ3v) is 3.13. The number of carbonyl (C=O) groups is 2. The molecule has 104 valence electrons. The Hall–Kier alpha value is -1.10. The van der Waals surface area contributed by atoms with Gasteiger partial charge in [0.15, 0.2) is 6.10 Å². The smallest absolute Gasteiger partial charge is 0.334 e. The Labute approximate surface area is 108 Å². The number of aliphatic carboxylic acids is 1. The molecule has 1 rings (SSSR count). The number of hydrogen-bond donors (Lipinski definition) is 1. The molecule has 0 saturated carbocycles. The molecule has 1 atom stereocenters. The van der Waals surface area contributed by atoms with Crippen molar-refractivity contribution < 1.29 is 19.4 Å². The van der Waals surface area contributed by atoms with Crippen LogP contribution in [0.1, 0.15) is 34.1 Å². The van der Waals surface area contributed by atoms with Gasteiger partial charge in [0.25, 0.3) is 0 Å². The second-order valence-electron chi connectivity index (χ2n) is 5.93. The third-order valence-electron chi connectivity index (χ3n) is 3.13. The molecule has 0 aromatic heterocycles. The molecule has 18 heavy (non-hydrogen) atoms. The molecule has 1 N–H and O–H groups in total. The fourth-order valence-corrected chi connectivity index (χ4v) is 2.52. The number of carboxylic acid groups (broad SMARTS) is 1. The molecule has 0 aliphatic carbocycles. The maximum absolute atomic E-state index is 12.4. The molecule has 0 aromatic carbocycles. The van der Waals surface area contributed by atoms with E-state index in [9.17, 15) is 9.59 Å². The summed E-state index contributed by atoms with van der Waals surface area (Å²) in [5.74, 6) is -0.555. The zero-order chi connectivity index (χ0) is 13.9. The molecule has 5 heteroatoms. The zero-order valence-electron chi connectivity index (χ0n) is 11.6. The zero-order valence-corrected chi connectivity index (χ0v) is 11.6. The standard InChI is InChI=1S/C13H23NO4/c1-9(2)7-13(3,4)12(17)14-5-6-18-10(8-14)11(15)16/h9-10H,5-8H2,1-4H3,(H,15,16). The molecule has 1 aliphatic heterocycles. The summed E-state index contributed by atoms with van der Waals surface area (Å²) in [6, 6.07) is 0. The van der Waals surface area contributed by atoms with Crippen molar-refractivity contribution in [2.24, 2.45) is 11.3 Å². The number of morpholine rings is 1. The highest BCUT2D eigenvalue weighted by Crippen LogP contribution is 2.28. The highest BCUT2D eigenvalue weighted by molar-refractivity contribution is 5.83. The Morgan fingerprint density at radius 1 is 1.44 bits per heavy atom. The lowest BCUT2D eigenvalue weighted by Gasteiger charge is -2.37. The third kappa shape index (κ3) is 3.70. The average Bonchev–Trinajstić information content (AvgIpc) is 2.26. The van der Waals surface area contributed by atoms with E-state index >= 15 is 0 Å². The quantitative estimate of drug-likeness (QED) is 0.826. The van der Waals surface area contributed by atoms with Crippen LogP contribution in [-0.4, -0.2) is 47.7 Å². The largest absolute Gasteiger partial charge is 0.479 e. The normalized spacial score (nSPS) is 21.2. The molecule has 0 radical (unpaired) electrons. The van der Waals surface area contributed by atoms with Gasteiger partial charge in [-0.25, -0.2) is 4.79 Å². The SMILES string of the molecule is CC(C)CC(C)(C)C(=O)N1CCOC(C(=O)O)C1. The van der Waals surface area contributed by atoms with E-state index in [0.717, 1.165) is 6.42 Å². The van der Waals surface area contributed by atoms with Crippen LogP contribution < -0.4 is 0 Å². The molecule has 0 spiro atoms. The van der Waals surface area contributed by atoms with E-state index < -0.39 is 17.5 Å². The predicted molar refractivity (Wildman–Crippen MR) is 67.2 cm³/mol. The number of nitrogens with zero attached hydrogens (tertiary/aromatic N) is 1. The first-order chi connectivity index (χ1) is 8.24. The van der Waals surface area contributed by atoms with Crippen molar-refractivity contribution in [1.82, 2.24) is 4.90 Å². The Morgan fingerprint density at radius 2 is 2.06 bits per heavy atom. The van der Waals surface area contributed by atoms with Gasteiger partial charge in [-0.2, -0.15) is 0 Å². The summed E-state index contributed by atoms with van der Waals surface area (Å²) in [5.41, 5.74) is -0.450. The second kappa shape index (κ2) is 5.69. The molecule has 1 heterocycles. The van der Waals surface area contributed by atoms with Gasteiger partial charge in [-0.1, -0.05) is 27.7 Å². The number of carbonyl (C=O) groups excluding carboxylic acids is 1. The Kier molecular flexibility index (Phi) is 4.73. The van der Waals surface area contributed by atoms with E-state index in [2.05, 4.69) is 13.8 Å². The lowest BCUT2D eigenvalue weighted by Crippen LogP contribution is -2.52. The number of carboxylic acids is 1. The molecule has 1 amide bonds. The van der Waals surface area contributed by atoms with Crippen molar-refractivity contribution >= 4 is 11.9 Å². The van der Waals surface area contributed by atoms with Gasteiger partial charge in [-0.3, -0.25) is 4.79 Å². The highest BCUT2D eigenvalue weighted by Gasteiger charge is 2.36. The van der Waals surface area contributed by atoms with E-state index in [1.54, 1.807) is 4.90 Å². The van der Waals surface area contributed by atoms with Crippen molar-refractivity contribution in [2.45, 2.75) is 40.2 Å². The maximum Gasteiger partial charge on any atom is 0.334 e. The van der Waals surface area contributed by atoms with Gasteiger partial charge in [0, 0.05) is 12.0 Å². The van der Waals surface area contributed by atoms with Crippen LogP contribution in [0.25, 0.3) is 0 Å². The fourth-order valence-electron chi connectivity index (χ4n) is 2.52. The van der Waals surface area contributed by atoms with E-state index in [0.29, 0.717) is 19.1 Å². The summed E-state index contributed by atoms with van der Waals surface area (Å²) in [4.78, 5) is 24.9. The summed E-state index contributed by atoms with van der Waals surface area (Å²) in [7, 11) is 0. The minimum atomic E-state index is -1.01. The average molecular weight is 257 g/mol. The molecular formula is C13H23NO4. The molecule has 1 unspecified atom stereocenters. The summed E-state index contributed by atoms with van der Waals surface area (Å²) in [6.45, 7) is 8.91. The first-order valence-corrected chi connectivity index (χ1v) is 6.38. The van der Waals surface area contributed by atoms with Crippen LogP contribution in [0.15, 0.2) is 0 Å². The van der Waals surface area contributed by atoms with Crippen molar-refractivity contribution in [3.05, 3.63) is 0 Å². The number of amides is 1. The van der Waals surface area contributed by atoms with Gasteiger partial charge in [0.2, 0.25) is 5.91 Å². The minimum Gasteiger partial charge on any atom is -0.479 e. The van der Waals surface area contributed by atoms with E-state index in [4.69, 9.17) is 9.84 Å². The van der Waals surface area contributed by atoms with Gasteiger partial charge >= 0.3 is 5.97 Å². The van der Waals surface area contributed by atoms with Gasteiger partial charge in [0.05, 0.1) is 13.2 Å². The van der Waals surface area contributed by atoms with Crippen molar-refractivity contribution in [3.63, 3.8) is 0 Å². The Bertz CT molecular complexity index is 325. The van der Waals surface area contributed by atoms with Gasteiger partial charge < -0.3 is 14.7 Å². The predicted octanol–water partition coefficient (Wildman–Crippen LogP) is 1.37. The van der Waals surface area contributed by atoms with Crippen molar-refractivity contribution in [2.75, 3.05) is 19.7 Å². The first-order valence-electron chi connectivity index (χ1n) is 6.38. The van der Waals surface area contributed by atoms with Crippen LogP contribution in [0.3, 0.4) is 0 Å². The maximum atomic E-state index is 12.4. The second-order valence-corrected chi connectivity index (χ2v) is 5.93. The summed E-state index contributed by atoms with van der Waals surface area (Å²) >= 11 is 0. The topological polar surface area (TPSA) is 66.8 Å². The molecule has 0 bridgehead atoms. The molecule has 1 aliphatic rings.